The molecule has 40 heavy (non-hydrogen) atoms. The fourth-order valence-electron chi connectivity index (χ4n) is 4.48. The number of nitrogens with zero attached hydrogens (tertiary/aromatic N) is 2. The number of amides is 2. The van der Waals surface area contributed by atoms with Crippen LogP contribution in [-0.2, 0) is 6.54 Å². The summed E-state index contributed by atoms with van der Waals surface area (Å²) in [4.78, 5) is 33.6. The van der Waals surface area contributed by atoms with Crippen LogP contribution in [0.1, 0.15) is 49.6 Å². The van der Waals surface area contributed by atoms with Crippen LogP contribution in [0.3, 0.4) is 0 Å². The maximum atomic E-state index is 12.9. The van der Waals surface area contributed by atoms with Crippen LogP contribution in [0.25, 0.3) is 10.6 Å². The lowest BCUT2D eigenvalue weighted by Gasteiger charge is -2.30. The summed E-state index contributed by atoms with van der Waals surface area (Å²) in [5.41, 5.74) is 4.50. The van der Waals surface area contributed by atoms with Gasteiger partial charge < -0.3 is 20.3 Å². The highest BCUT2D eigenvalue weighted by atomic mass is 32.1. The first kappa shape index (κ1) is 27.6. The number of hydrogen-bond donors (Lipinski definition) is 2. The second-order valence-electron chi connectivity index (χ2n) is 10.0. The van der Waals surface area contributed by atoms with Crippen molar-refractivity contribution in [3.8, 4) is 16.3 Å². The molecule has 0 atom stereocenters. The predicted octanol–water partition coefficient (Wildman–Crippen LogP) is 6.08. The van der Waals surface area contributed by atoms with E-state index in [4.69, 9.17) is 4.74 Å². The van der Waals surface area contributed by atoms with E-state index < -0.39 is 0 Å². The number of benzene rings is 3. The van der Waals surface area contributed by atoms with Gasteiger partial charge in [-0.1, -0.05) is 24.3 Å². The monoisotopic (exact) mass is 554 g/mol. The normalized spacial score (nSPS) is 12.9. The molecule has 1 saturated heterocycles. The first-order valence-electron chi connectivity index (χ1n) is 13.6. The molecule has 8 heteroatoms. The molecule has 206 valence electrons. The minimum absolute atomic E-state index is 0.197. The van der Waals surface area contributed by atoms with Gasteiger partial charge in [0.15, 0.2) is 0 Å². The largest absolute Gasteiger partial charge is 0.494 e. The van der Waals surface area contributed by atoms with Gasteiger partial charge >= 0.3 is 0 Å². The van der Waals surface area contributed by atoms with E-state index in [2.05, 4.69) is 20.5 Å². The third-order valence-electron chi connectivity index (χ3n) is 7.05. The molecule has 0 saturated carbocycles. The molecule has 3 aromatic carbocycles. The van der Waals surface area contributed by atoms with Crippen LogP contribution in [0.4, 0.5) is 5.69 Å². The van der Waals surface area contributed by atoms with Gasteiger partial charge in [-0.05, 0) is 93.4 Å². The smallest absolute Gasteiger partial charge is 0.255 e. The summed E-state index contributed by atoms with van der Waals surface area (Å²) in [6.45, 7) is 8.43. The van der Waals surface area contributed by atoms with Crippen LogP contribution < -0.4 is 15.4 Å². The van der Waals surface area contributed by atoms with E-state index >= 15 is 0 Å². The molecule has 4 aromatic rings. The van der Waals surface area contributed by atoms with E-state index in [-0.39, 0.29) is 11.8 Å². The summed E-state index contributed by atoms with van der Waals surface area (Å²) in [7, 11) is 0. The van der Waals surface area contributed by atoms with Crippen molar-refractivity contribution >= 4 is 28.8 Å². The van der Waals surface area contributed by atoms with Crippen molar-refractivity contribution in [1.29, 1.82) is 0 Å². The first-order chi connectivity index (χ1) is 19.5. The van der Waals surface area contributed by atoms with Crippen molar-refractivity contribution in [3.05, 3.63) is 100 Å². The zero-order valence-electron chi connectivity index (χ0n) is 22.9. The molecule has 0 aliphatic carbocycles. The highest BCUT2D eigenvalue weighted by molar-refractivity contribution is 7.15. The van der Waals surface area contributed by atoms with Crippen LogP contribution in [-0.4, -0.2) is 47.9 Å². The Labute approximate surface area is 239 Å². The van der Waals surface area contributed by atoms with E-state index in [1.54, 1.807) is 35.7 Å². The number of nitrogens with one attached hydrogen (secondary N) is 2. The van der Waals surface area contributed by atoms with Crippen LogP contribution in [0.2, 0.25) is 0 Å². The summed E-state index contributed by atoms with van der Waals surface area (Å²) in [5, 5.41) is 6.81. The van der Waals surface area contributed by atoms with Crippen LogP contribution in [0.15, 0.2) is 72.9 Å². The summed E-state index contributed by atoms with van der Waals surface area (Å²) >= 11 is 1.55. The molecule has 0 bridgehead atoms. The zero-order chi connectivity index (χ0) is 27.9. The van der Waals surface area contributed by atoms with Gasteiger partial charge in [0.05, 0.1) is 13.2 Å². The van der Waals surface area contributed by atoms with E-state index in [0.717, 1.165) is 51.9 Å². The number of aryl methyl sites for hydroxylation is 2. The van der Waals surface area contributed by atoms with E-state index in [1.807, 2.05) is 62.4 Å². The van der Waals surface area contributed by atoms with Gasteiger partial charge in [-0.2, -0.15) is 0 Å². The molecular formula is C32H34N4O3S. The van der Waals surface area contributed by atoms with Crippen molar-refractivity contribution in [2.75, 3.05) is 31.6 Å². The van der Waals surface area contributed by atoms with E-state index in [9.17, 15) is 9.59 Å². The molecule has 1 aliphatic rings. The average molecular weight is 555 g/mol. The molecule has 0 spiro atoms. The van der Waals surface area contributed by atoms with Gasteiger partial charge in [0.25, 0.3) is 11.8 Å². The lowest BCUT2D eigenvalue weighted by atomic mass is 10.1. The van der Waals surface area contributed by atoms with Gasteiger partial charge in [0, 0.05) is 40.0 Å². The number of rotatable bonds is 11. The summed E-state index contributed by atoms with van der Waals surface area (Å²) in [6, 6.07) is 20.7. The van der Waals surface area contributed by atoms with E-state index in [0.29, 0.717) is 23.4 Å². The number of carbonyl (C=O) groups is 2. The molecule has 2 amide bonds. The Morgan fingerprint density at radius 3 is 2.52 bits per heavy atom. The fourth-order valence-corrected chi connectivity index (χ4v) is 5.34. The Kier molecular flexibility index (Phi) is 8.88. The van der Waals surface area contributed by atoms with Crippen molar-refractivity contribution in [3.63, 3.8) is 0 Å². The Bertz CT molecular complexity index is 1480. The molecule has 7 nitrogen and oxygen atoms in total. The third kappa shape index (κ3) is 6.94. The van der Waals surface area contributed by atoms with Crippen molar-refractivity contribution in [1.82, 2.24) is 15.2 Å². The highest BCUT2D eigenvalue weighted by Gasteiger charge is 2.14. The highest BCUT2D eigenvalue weighted by Crippen LogP contribution is 2.27. The average Bonchev–Trinajstić information content (AvgIpc) is 3.41. The van der Waals surface area contributed by atoms with Crippen LogP contribution in [0, 0.1) is 13.8 Å². The maximum Gasteiger partial charge on any atom is 0.255 e. The minimum Gasteiger partial charge on any atom is -0.494 e. The van der Waals surface area contributed by atoms with Crippen molar-refractivity contribution in [2.24, 2.45) is 0 Å². The standard InChI is InChI=1S/C32H34N4O3S/c1-22-7-3-4-8-28(22)31(38)35-29-19-25(10-9-23(29)2)30(37)33-20-27-21-34-32(40-27)24-11-13-26(14-12-24)39-18-6-17-36-15-5-16-36/h3-4,7-14,19,21H,5-6,15-18,20H2,1-2H3,(H,33,37)(H,35,38). The molecule has 1 aliphatic heterocycles. The molecule has 1 aromatic heterocycles. The molecular weight excluding hydrogens is 520 g/mol. The SMILES string of the molecule is Cc1ccc(C(=O)NCc2cnc(-c3ccc(OCCCN4CCC4)cc3)s2)cc1NC(=O)c1ccccc1C. The zero-order valence-corrected chi connectivity index (χ0v) is 23.7. The number of ether oxygens (including phenoxy) is 1. The second-order valence-corrected chi connectivity index (χ2v) is 11.1. The van der Waals surface area contributed by atoms with Crippen molar-refractivity contribution in [2.45, 2.75) is 33.2 Å². The number of anilines is 1. The molecule has 5 rings (SSSR count). The summed E-state index contributed by atoms with van der Waals surface area (Å²) in [5.74, 6) is 0.457. The molecule has 0 radical (unpaired) electrons. The molecule has 0 unspecified atom stereocenters. The summed E-state index contributed by atoms with van der Waals surface area (Å²) < 4.78 is 5.88. The molecule has 1 fully saturated rings. The quantitative estimate of drug-likeness (QED) is 0.220. The van der Waals surface area contributed by atoms with Gasteiger partial charge in [0.1, 0.15) is 10.8 Å². The Hall–Kier alpha value is -4.01. The lowest BCUT2D eigenvalue weighted by molar-refractivity contribution is 0.0950. The van der Waals surface area contributed by atoms with Crippen molar-refractivity contribution < 1.29 is 14.3 Å². The van der Waals surface area contributed by atoms with Gasteiger partial charge in [0.2, 0.25) is 0 Å². The Morgan fingerprint density at radius 2 is 1.77 bits per heavy atom. The summed E-state index contributed by atoms with van der Waals surface area (Å²) in [6.07, 6.45) is 4.15. The third-order valence-corrected chi connectivity index (χ3v) is 8.10. The Morgan fingerprint density at radius 1 is 0.975 bits per heavy atom. The van der Waals surface area contributed by atoms with Gasteiger partial charge in [-0.25, -0.2) is 4.98 Å². The first-order valence-corrected chi connectivity index (χ1v) is 14.4. The minimum atomic E-state index is -0.211. The molecule has 2 N–H and O–H groups in total. The number of carbonyl (C=O) groups excluding carboxylic acids is 2. The maximum absolute atomic E-state index is 12.9. The molecule has 2 heterocycles. The topological polar surface area (TPSA) is 83.6 Å². The number of likely N-dealkylation sites (tertiary alicyclic amines) is 1. The van der Waals surface area contributed by atoms with Crippen LogP contribution in [0.5, 0.6) is 5.75 Å². The van der Waals surface area contributed by atoms with E-state index in [1.165, 1.54) is 19.5 Å². The lowest BCUT2D eigenvalue weighted by Crippen LogP contribution is -2.38. The second kappa shape index (κ2) is 12.9. The fraction of sp³-hybridized carbons (Fsp3) is 0.281. The Balaban J connectivity index is 1.13. The van der Waals surface area contributed by atoms with Crippen LogP contribution >= 0.6 is 11.3 Å². The van der Waals surface area contributed by atoms with Gasteiger partial charge in [-0.3, -0.25) is 9.59 Å². The predicted molar refractivity (Wildman–Crippen MR) is 160 cm³/mol. The number of hydrogen-bond acceptors (Lipinski definition) is 6. The number of aromatic nitrogens is 1. The van der Waals surface area contributed by atoms with Gasteiger partial charge in [-0.15, -0.1) is 11.3 Å². The number of thiazole rings is 1.